The Morgan fingerprint density at radius 3 is 2.43 bits per heavy atom. The molecule has 30 heavy (non-hydrogen) atoms. The molecule has 3 aromatic rings. The molecule has 0 aromatic heterocycles. The predicted molar refractivity (Wildman–Crippen MR) is 120 cm³/mol. The van der Waals surface area contributed by atoms with Crippen LogP contribution in [-0.2, 0) is 4.79 Å². The van der Waals surface area contributed by atoms with Crippen molar-refractivity contribution in [2.24, 2.45) is 5.73 Å². The van der Waals surface area contributed by atoms with Crippen LogP contribution in [0.1, 0.15) is 18.0 Å². The molecule has 0 fully saturated rings. The molecular formula is C23H23N3O3S. The Hall–Kier alpha value is -3.45. The highest BCUT2D eigenvalue weighted by molar-refractivity contribution is 7.98. The molecule has 0 radical (unpaired) electrons. The van der Waals surface area contributed by atoms with Crippen LogP contribution >= 0.6 is 11.8 Å². The number of thioether (sulfide) groups is 1. The molecule has 7 heteroatoms. The molecule has 0 bridgehead atoms. The van der Waals surface area contributed by atoms with Gasteiger partial charge in [0.25, 0.3) is 0 Å². The van der Waals surface area contributed by atoms with Crippen LogP contribution < -0.4 is 21.1 Å². The Labute approximate surface area is 179 Å². The fourth-order valence-electron chi connectivity index (χ4n) is 2.94. The van der Waals surface area contributed by atoms with Gasteiger partial charge in [0.15, 0.2) is 0 Å². The smallest absolute Gasteiger partial charge is 0.312 e. The molecule has 4 N–H and O–H groups in total. The zero-order chi connectivity index (χ0) is 21.3. The molecule has 0 saturated heterocycles. The first kappa shape index (κ1) is 21.3. The molecule has 3 aromatic carbocycles. The van der Waals surface area contributed by atoms with Gasteiger partial charge in [-0.05, 0) is 54.3 Å². The molecule has 154 valence electrons. The van der Waals surface area contributed by atoms with E-state index < -0.39 is 12.1 Å². The summed E-state index contributed by atoms with van der Waals surface area (Å²) in [6.45, 7) is 0. The zero-order valence-corrected chi connectivity index (χ0v) is 17.3. The molecule has 0 aliphatic heterocycles. The van der Waals surface area contributed by atoms with Gasteiger partial charge in [0, 0.05) is 10.6 Å². The minimum absolute atomic E-state index is 0.0290. The fourth-order valence-corrected chi connectivity index (χ4v) is 3.40. The molecule has 0 heterocycles. The number of para-hydroxylation sites is 1. The lowest BCUT2D eigenvalue weighted by Gasteiger charge is -2.19. The summed E-state index contributed by atoms with van der Waals surface area (Å²) in [6, 6.07) is 22.9. The second-order valence-corrected chi connectivity index (χ2v) is 7.41. The van der Waals surface area contributed by atoms with E-state index in [1.165, 1.54) is 0 Å². The van der Waals surface area contributed by atoms with Crippen molar-refractivity contribution in [2.75, 3.05) is 11.6 Å². The number of rotatable bonds is 8. The van der Waals surface area contributed by atoms with Crippen molar-refractivity contribution < 1.29 is 14.3 Å². The monoisotopic (exact) mass is 421 g/mol. The van der Waals surface area contributed by atoms with Gasteiger partial charge in [0.05, 0.1) is 12.5 Å². The normalized spacial score (nSPS) is 11.4. The second kappa shape index (κ2) is 10.4. The number of anilines is 1. The number of primary amides is 1. The summed E-state index contributed by atoms with van der Waals surface area (Å²) in [7, 11) is 0. The summed E-state index contributed by atoms with van der Waals surface area (Å²) in [5.74, 6) is 1.06. The number of nitrogens with two attached hydrogens (primary N) is 1. The summed E-state index contributed by atoms with van der Waals surface area (Å²) in [5.41, 5.74) is 6.76. The Bertz CT molecular complexity index is 1010. The number of urea groups is 1. The van der Waals surface area contributed by atoms with Crippen LogP contribution in [0.2, 0.25) is 0 Å². The van der Waals surface area contributed by atoms with E-state index in [1.54, 1.807) is 17.8 Å². The standard InChI is InChI=1S/C23H23N3O3S/c1-30-20-12-6-8-17(14-20)25-22(27)15-21(26-23(24)28)16-7-5-11-19(13-16)29-18-9-3-2-4-10-18/h2-14,21H,15H2,1H3,(H,25,27)(H3,24,26,28)/t21-/m0/s1. The van der Waals surface area contributed by atoms with Crippen molar-refractivity contribution in [3.63, 3.8) is 0 Å². The maximum absolute atomic E-state index is 12.6. The minimum atomic E-state index is -0.702. The van der Waals surface area contributed by atoms with Gasteiger partial charge in [-0.3, -0.25) is 4.79 Å². The van der Waals surface area contributed by atoms with E-state index in [1.807, 2.05) is 79.1 Å². The van der Waals surface area contributed by atoms with Gasteiger partial charge in [-0.25, -0.2) is 4.79 Å². The Kier molecular flexibility index (Phi) is 7.34. The van der Waals surface area contributed by atoms with Crippen molar-refractivity contribution in [2.45, 2.75) is 17.4 Å². The molecule has 3 amide bonds. The van der Waals surface area contributed by atoms with Gasteiger partial charge >= 0.3 is 6.03 Å². The topological polar surface area (TPSA) is 93.5 Å². The summed E-state index contributed by atoms with van der Waals surface area (Å²) in [5, 5.41) is 5.51. The maximum Gasteiger partial charge on any atom is 0.312 e. The molecule has 6 nitrogen and oxygen atoms in total. The summed E-state index contributed by atoms with van der Waals surface area (Å²) < 4.78 is 5.85. The zero-order valence-electron chi connectivity index (χ0n) is 16.5. The number of nitrogens with one attached hydrogen (secondary N) is 2. The summed E-state index contributed by atoms with van der Waals surface area (Å²) >= 11 is 1.59. The lowest BCUT2D eigenvalue weighted by atomic mass is 10.0. The summed E-state index contributed by atoms with van der Waals surface area (Å²) in [6.07, 6.45) is 2.00. The second-order valence-electron chi connectivity index (χ2n) is 6.53. The first-order valence-corrected chi connectivity index (χ1v) is 10.6. The third kappa shape index (κ3) is 6.28. The number of ether oxygens (including phenoxy) is 1. The van der Waals surface area contributed by atoms with Gasteiger partial charge in [0.1, 0.15) is 11.5 Å². The van der Waals surface area contributed by atoms with Gasteiger partial charge in [-0.2, -0.15) is 0 Å². The van der Waals surface area contributed by atoms with Crippen LogP contribution in [0.4, 0.5) is 10.5 Å². The fraction of sp³-hybridized carbons (Fsp3) is 0.130. The van der Waals surface area contributed by atoms with Crippen LogP contribution in [-0.4, -0.2) is 18.2 Å². The van der Waals surface area contributed by atoms with Gasteiger partial charge < -0.3 is 21.1 Å². The lowest BCUT2D eigenvalue weighted by Crippen LogP contribution is -2.35. The van der Waals surface area contributed by atoms with Gasteiger partial charge in [-0.15, -0.1) is 11.8 Å². The minimum Gasteiger partial charge on any atom is -0.457 e. The Morgan fingerprint density at radius 1 is 0.967 bits per heavy atom. The third-order valence-electron chi connectivity index (χ3n) is 4.30. The van der Waals surface area contributed by atoms with E-state index in [-0.39, 0.29) is 12.3 Å². The summed E-state index contributed by atoms with van der Waals surface area (Å²) in [4.78, 5) is 25.2. The molecular weight excluding hydrogens is 398 g/mol. The van der Waals surface area contributed by atoms with E-state index in [0.29, 0.717) is 17.2 Å². The number of hydrogen-bond acceptors (Lipinski definition) is 4. The molecule has 0 saturated carbocycles. The first-order chi connectivity index (χ1) is 14.5. The van der Waals surface area contributed by atoms with E-state index in [0.717, 1.165) is 10.5 Å². The predicted octanol–water partition coefficient (Wildman–Crippen LogP) is 4.94. The van der Waals surface area contributed by atoms with Gasteiger partial charge in [0.2, 0.25) is 5.91 Å². The maximum atomic E-state index is 12.6. The first-order valence-electron chi connectivity index (χ1n) is 9.36. The molecule has 0 unspecified atom stereocenters. The lowest BCUT2D eigenvalue weighted by molar-refractivity contribution is -0.116. The van der Waals surface area contributed by atoms with E-state index in [4.69, 9.17) is 10.5 Å². The van der Waals surface area contributed by atoms with Crippen LogP contribution in [0, 0.1) is 0 Å². The number of carbonyl (C=O) groups is 2. The van der Waals surface area contributed by atoms with Crippen molar-refractivity contribution in [3.8, 4) is 11.5 Å². The molecule has 0 aliphatic rings. The highest BCUT2D eigenvalue weighted by Gasteiger charge is 2.18. The molecule has 3 rings (SSSR count). The number of carbonyl (C=O) groups excluding carboxylic acids is 2. The largest absolute Gasteiger partial charge is 0.457 e. The molecule has 1 atom stereocenters. The van der Waals surface area contributed by atoms with Crippen molar-refractivity contribution >= 4 is 29.4 Å². The van der Waals surface area contributed by atoms with Crippen LogP contribution in [0.15, 0.2) is 83.8 Å². The quantitative estimate of drug-likeness (QED) is 0.449. The molecule has 0 aliphatic carbocycles. The highest BCUT2D eigenvalue weighted by Crippen LogP contribution is 2.26. The Morgan fingerprint density at radius 2 is 1.70 bits per heavy atom. The number of hydrogen-bond donors (Lipinski definition) is 3. The number of benzene rings is 3. The molecule has 0 spiro atoms. The van der Waals surface area contributed by atoms with Crippen molar-refractivity contribution in [1.29, 1.82) is 0 Å². The highest BCUT2D eigenvalue weighted by atomic mass is 32.2. The van der Waals surface area contributed by atoms with Crippen molar-refractivity contribution in [3.05, 3.63) is 84.4 Å². The van der Waals surface area contributed by atoms with Crippen LogP contribution in [0.3, 0.4) is 0 Å². The van der Waals surface area contributed by atoms with Gasteiger partial charge in [-0.1, -0.05) is 36.4 Å². The third-order valence-corrected chi connectivity index (χ3v) is 5.02. The SMILES string of the molecule is CSc1cccc(NC(=O)C[C@H](NC(N)=O)c2cccc(Oc3ccccc3)c2)c1. The average molecular weight is 422 g/mol. The van der Waals surface area contributed by atoms with Crippen molar-refractivity contribution in [1.82, 2.24) is 5.32 Å². The Balaban J connectivity index is 1.74. The van der Waals surface area contributed by atoms with E-state index in [2.05, 4.69) is 10.6 Å². The van der Waals surface area contributed by atoms with E-state index >= 15 is 0 Å². The average Bonchev–Trinajstić information content (AvgIpc) is 2.74. The number of amides is 3. The van der Waals surface area contributed by atoms with Crippen LogP contribution in [0.5, 0.6) is 11.5 Å². The van der Waals surface area contributed by atoms with Crippen LogP contribution in [0.25, 0.3) is 0 Å². The van der Waals surface area contributed by atoms with E-state index in [9.17, 15) is 9.59 Å².